The highest BCUT2D eigenvalue weighted by atomic mass is 16.5. The third-order valence-electron chi connectivity index (χ3n) is 4.28. The van der Waals surface area contributed by atoms with Gasteiger partial charge in [0.2, 0.25) is 5.91 Å². The van der Waals surface area contributed by atoms with Crippen LogP contribution in [0.5, 0.6) is 5.75 Å². The van der Waals surface area contributed by atoms with E-state index in [1.54, 1.807) is 0 Å². The van der Waals surface area contributed by atoms with E-state index >= 15 is 0 Å². The molecule has 0 bridgehead atoms. The van der Waals surface area contributed by atoms with Crippen LogP contribution in [-0.4, -0.2) is 35.4 Å². The maximum absolute atomic E-state index is 12.5. The Balaban J connectivity index is 1.46. The number of nitrogens with zero attached hydrogens (tertiary/aromatic N) is 2. The van der Waals surface area contributed by atoms with Crippen LogP contribution >= 0.6 is 0 Å². The topological polar surface area (TPSA) is 68.2 Å². The van der Waals surface area contributed by atoms with Gasteiger partial charge in [-0.05, 0) is 19.0 Å². The fourth-order valence-corrected chi connectivity index (χ4v) is 3.07. The minimum Gasteiger partial charge on any atom is -0.492 e. The van der Waals surface area contributed by atoms with Crippen molar-refractivity contribution < 1.29 is 9.53 Å². The summed E-state index contributed by atoms with van der Waals surface area (Å²) >= 11 is 0. The van der Waals surface area contributed by atoms with E-state index in [4.69, 9.17) is 4.74 Å². The molecule has 22 heavy (non-hydrogen) atoms. The molecule has 2 aliphatic heterocycles. The molecule has 114 valence electrons. The van der Waals surface area contributed by atoms with E-state index in [9.17, 15) is 4.79 Å². The van der Waals surface area contributed by atoms with E-state index in [-0.39, 0.29) is 11.8 Å². The van der Waals surface area contributed by atoms with Crippen molar-refractivity contribution in [3.63, 3.8) is 0 Å². The molecule has 0 saturated carbocycles. The number of fused-ring (bicyclic) bond motifs is 1. The first-order valence-electron chi connectivity index (χ1n) is 7.60. The van der Waals surface area contributed by atoms with Gasteiger partial charge in [0.1, 0.15) is 18.3 Å². The van der Waals surface area contributed by atoms with Crippen LogP contribution < -0.4 is 15.4 Å². The van der Waals surface area contributed by atoms with E-state index in [1.165, 1.54) is 0 Å². The van der Waals surface area contributed by atoms with Crippen molar-refractivity contribution in [2.45, 2.75) is 18.4 Å². The predicted molar refractivity (Wildman–Crippen MR) is 82.1 cm³/mol. The quantitative estimate of drug-likeness (QED) is 0.902. The first kappa shape index (κ1) is 13.3. The zero-order valence-electron chi connectivity index (χ0n) is 12.2. The molecule has 1 fully saturated rings. The maximum atomic E-state index is 12.5. The van der Waals surface area contributed by atoms with Gasteiger partial charge < -0.3 is 15.4 Å². The minimum absolute atomic E-state index is 0.0697. The standard InChI is InChI=1S/C16H18N4O2/c21-16(13-10-22-14-4-2-1-3-12(13)14)18-15-6-8-20(19-15)11-5-7-17-9-11/h1-4,6,8,11,13,17H,5,7,9-10H2,(H,18,19,21)/t11-,13-/m0/s1. The molecule has 4 rings (SSSR count). The van der Waals surface area contributed by atoms with Gasteiger partial charge in [0.25, 0.3) is 0 Å². The fourth-order valence-electron chi connectivity index (χ4n) is 3.07. The highest BCUT2D eigenvalue weighted by Gasteiger charge is 2.30. The van der Waals surface area contributed by atoms with Crippen molar-refractivity contribution in [1.29, 1.82) is 0 Å². The molecule has 0 aliphatic carbocycles. The predicted octanol–water partition coefficient (Wildman–Crippen LogP) is 1.53. The Morgan fingerprint density at radius 1 is 1.36 bits per heavy atom. The van der Waals surface area contributed by atoms with E-state index < -0.39 is 0 Å². The van der Waals surface area contributed by atoms with Crippen LogP contribution in [0.25, 0.3) is 0 Å². The molecule has 1 amide bonds. The SMILES string of the molecule is O=C(Nc1ccn([C@H]2CCNC2)n1)[C@H]1COc2ccccc21. The lowest BCUT2D eigenvalue weighted by molar-refractivity contribution is -0.117. The van der Waals surface area contributed by atoms with Gasteiger partial charge in [-0.25, -0.2) is 0 Å². The van der Waals surface area contributed by atoms with E-state index in [0.717, 1.165) is 30.8 Å². The first-order valence-corrected chi connectivity index (χ1v) is 7.60. The Morgan fingerprint density at radius 2 is 2.27 bits per heavy atom. The summed E-state index contributed by atoms with van der Waals surface area (Å²) in [6.07, 6.45) is 2.99. The smallest absolute Gasteiger partial charge is 0.236 e. The Morgan fingerprint density at radius 3 is 3.14 bits per heavy atom. The highest BCUT2D eigenvalue weighted by molar-refractivity contribution is 5.96. The molecule has 3 heterocycles. The summed E-state index contributed by atoms with van der Waals surface area (Å²) in [5, 5.41) is 10.7. The van der Waals surface area contributed by atoms with Crippen LogP contribution in [0, 0.1) is 0 Å². The molecule has 2 atom stereocenters. The molecular formula is C16H18N4O2. The second kappa shape index (κ2) is 5.46. The molecule has 2 aliphatic rings. The van der Waals surface area contributed by atoms with Gasteiger partial charge in [0, 0.05) is 24.4 Å². The number of rotatable bonds is 3. The molecule has 0 unspecified atom stereocenters. The third kappa shape index (κ3) is 2.35. The zero-order chi connectivity index (χ0) is 14.9. The van der Waals surface area contributed by atoms with Gasteiger partial charge in [-0.15, -0.1) is 0 Å². The number of carbonyl (C=O) groups excluding carboxylic acids is 1. The summed E-state index contributed by atoms with van der Waals surface area (Å²) in [5.74, 6) is 1.06. The molecule has 1 aromatic heterocycles. The second-order valence-corrected chi connectivity index (χ2v) is 5.72. The fraction of sp³-hybridized carbons (Fsp3) is 0.375. The molecule has 2 aromatic rings. The molecule has 6 nitrogen and oxygen atoms in total. The van der Waals surface area contributed by atoms with Crippen molar-refractivity contribution in [3.05, 3.63) is 42.1 Å². The van der Waals surface area contributed by atoms with Crippen LogP contribution in [0.4, 0.5) is 5.82 Å². The van der Waals surface area contributed by atoms with Crippen LogP contribution in [0.2, 0.25) is 0 Å². The van der Waals surface area contributed by atoms with Crippen molar-refractivity contribution in [3.8, 4) is 5.75 Å². The van der Waals surface area contributed by atoms with Gasteiger partial charge in [-0.2, -0.15) is 5.10 Å². The monoisotopic (exact) mass is 298 g/mol. The minimum atomic E-state index is -0.269. The number of benzene rings is 1. The molecule has 0 spiro atoms. The molecular weight excluding hydrogens is 280 g/mol. The maximum Gasteiger partial charge on any atom is 0.236 e. The summed E-state index contributed by atoms with van der Waals surface area (Å²) < 4.78 is 7.49. The van der Waals surface area contributed by atoms with Crippen molar-refractivity contribution in [2.24, 2.45) is 0 Å². The Kier molecular flexibility index (Phi) is 3.31. The van der Waals surface area contributed by atoms with Crippen LogP contribution in [0.15, 0.2) is 36.5 Å². The number of amides is 1. The van der Waals surface area contributed by atoms with Crippen LogP contribution in [0.1, 0.15) is 23.9 Å². The summed E-state index contributed by atoms with van der Waals surface area (Å²) in [5.41, 5.74) is 0.944. The van der Waals surface area contributed by atoms with Gasteiger partial charge >= 0.3 is 0 Å². The molecule has 6 heteroatoms. The highest BCUT2D eigenvalue weighted by Crippen LogP contribution is 2.34. The average Bonchev–Trinajstić information content (AvgIpc) is 3.27. The third-order valence-corrected chi connectivity index (χ3v) is 4.28. The van der Waals surface area contributed by atoms with Gasteiger partial charge in [-0.3, -0.25) is 9.48 Å². The number of anilines is 1. The number of carbonyl (C=O) groups is 1. The Labute approximate surface area is 128 Å². The summed E-state index contributed by atoms with van der Waals surface area (Å²) in [4.78, 5) is 12.5. The number of ether oxygens (including phenoxy) is 1. The van der Waals surface area contributed by atoms with Crippen LogP contribution in [0.3, 0.4) is 0 Å². The largest absolute Gasteiger partial charge is 0.492 e. The summed E-state index contributed by atoms with van der Waals surface area (Å²) in [7, 11) is 0. The lowest BCUT2D eigenvalue weighted by Gasteiger charge is -2.10. The number of para-hydroxylation sites is 1. The number of aromatic nitrogens is 2. The average molecular weight is 298 g/mol. The molecule has 2 N–H and O–H groups in total. The second-order valence-electron chi connectivity index (χ2n) is 5.72. The summed E-state index contributed by atoms with van der Waals surface area (Å²) in [6, 6.07) is 9.89. The van der Waals surface area contributed by atoms with Crippen molar-refractivity contribution in [1.82, 2.24) is 15.1 Å². The Hall–Kier alpha value is -2.34. The number of nitrogens with one attached hydrogen (secondary N) is 2. The van der Waals surface area contributed by atoms with Crippen LogP contribution in [-0.2, 0) is 4.79 Å². The zero-order valence-corrected chi connectivity index (χ0v) is 12.2. The molecule has 1 aromatic carbocycles. The Bertz CT molecular complexity index is 691. The van der Waals surface area contributed by atoms with E-state index in [1.807, 2.05) is 41.2 Å². The first-order chi connectivity index (χ1) is 10.8. The molecule has 1 saturated heterocycles. The number of hydrogen-bond acceptors (Lipinski definition) is 4. The van der Waals surface area contributed by atoms with Crippen molar-refractivity contribution >= 4 is 11.7 Å². The van der Waals surface area contributed by atoms with Crippen molar-refractivity contribution in [2.75, 3.05) is 25.0 Å². The lowest BCUT2D eigenvalue weighted by Crippen LogP contribution is -2.22. The number of hydrogen-bond donors (Lipinski definition) is 2. The molecule has 0 radical (unpaired) electrons. The normalized spacial score (nSPS) is 23.1. The van der Waals surface area contributed by atoms with E-state index in [0.29, 0.717) is 18.5 Å². The van der Waals surface area contributed by atoms with Gasteiger partial charge in [-0.1, -0.05) is 18.2 Å². The van der Waals surface area contributed by atoms with E-state index in [2.05, 4.69) is 15.7 Å². The van der Waals surface area contributed by atoms with Gasteiger partial charge in [0.15, 0.2) is 5.82 Å². The lowest BCUT2D eigenvalue weighted by atomic mass is 10.0. The van der Waals surface area contributed by atoms with Gasteiger partial charge in [0.05, 0.1) is 6.04 Å². The summed E-state index contributed by atoms with van der Waals surface area (Å²) in [6.45, 7) is 2.33.